The minimum Gasteiger partial charge on any atom is -0.379 e. The van der Waals surface area contributed by atoms with Gasteiger partial charge in [-0.2, -0.15) is 35.1 Å². The summed E-state index contributed by atoms with van der Waals surface area (Å²) in [6.45, 7) is 0.920. The molecule has 2 aromatic heterocycles. The van der Waals surface area contributed by atoms with Crippen molar-refractivity contribution in [2.24, 2.45) is 0 Å². The molecule has 158 valence electrons. The number of hydrogen-bond donors (Lipinski definition) is 0. The van der Waals surface area contributed by atoms with E-state index < -0.39 is 21.9 Å². The zero-order valence-corrected chi connectivity index (χ0v) is 16.4. The van der Waals surface area contributed by atoms with E-state index in [-0.39, 0.29) is 37.4 Å². The van der Waals surface area contributed by atoms with Crippen LogP contribution >= 0.6 is 0 Å². The number of morpholine rings is 1. The van der Waals surface area contributed by atoms with Crippen molar-refractivity contribution >= 4 is 10.2 Å². The summed E-state index contributed by atoms with van der Waals surface area (Å²) in [6, 6.07) is 6.84. The molecule has 30 heavy (non-hydrogen) atoms. The van der Waals surface area contributed by atoms with Crippen LogP contribution in [-0.4, -0.2) is 53.2 Å². The second-order valence-corrected chi connectivity index (χ2v) is 8.45. The smallest absolute Gasteiger partial charge is 0.379 e. The topological polar surface area (TPSA) is 77.3 Å². The average Bonchev–Trinajstić information content (AvgIpc) is 3.25. The van der Waals surface area contributed by atoms with Gasteiger partial charge in [0.25, 0.3) is 0 Å². The largest absolute Gasteiger partial charge is 0.416 e. The molecule has 0 amide bonds. The Morgan fingerprint density at radius 3 is 2.30 bits per heavy atom. The molecule has 1 aromatic carbocycles. The summed E-state index contributed by atoms with van der Waals surface area (Å²) in [5.74, 6) is 0. The number of nitrogens with zero attached hydrogens (tertiary/aromatic N) is 4. The highest BCUT2D eigenvalue weighted by Crippen LogP contribution is 2.36. The highest BCUT2D eigenvalue weighted by Gasteiger charge is 2.32. The van der Waals surface area contributed by atoms with Crippen LogP contribution in [0.2, 0.25) is 0 Å². The lowest BCUT2D eigenvalue weighted by Crippen LogP contribution is -2.43. The molecule has 0 N–H and O–H groups in total. The summed E-state index contributed by atoms with van der Waals surface area (Å²) < 4.78 is 73.0. The SMILES string of the molecule is O=S(=O)(N1CCOCC1)n1cc(-c2cc(-c3cccnc3)cc(C(F)(F)F)c2)cn1. The number of pyridine rings is 1. The molecular formula is C19H17F3N4O3S. The number of alkyl halides is 3. The van der Waals surface area contributed by atoms with Crippen molar-refractivity contribution < 1.29 is 26.3 Å². The molecule has 11 heteroatoms. The molecular weight excluding hydrogens is 421 g/mol. The average molecular weight is 438 g/mol. The predicted octanol–water partition coefficient (Wildman–Crippen LogP) is 3.06. The second kappa shape index (κ2) is 7.82. The number of halogens is 3. The zero-order valence-electron chi connectivity index (χ0n) is 15.6. The van der Waals surface area contributed by atoms with Crippen molar-refractivity contribution in [1.29, 1.82) is 0 Å². The fourth-order valence-electron chi connectivity index (χ4n) is 3.13. The number of hydrogen-bond acceptors (Lipinski definition) is 5. The van der Waals surface area contributed by atoms with Gasteiger partial charge in [-0.05, 0) is 35.4 Å². The highest BCUT2D eigenvalue weighted by molar-refractivity contribution is 7.87. The highest BCUT2D eigenvalue weighted by atomic mass is 32.2. The summed E-state index contributed by atoms with van der Waals surface area (Å²) in [4.78, 5) is 3.95. The number of rotatable bonds is 4. The molecule has 0 saturated carbocycles. The Morgan fingerprint density at radius 2 is 1.67 bits per heavy atom. The maximum absolute atomic E-state index is 13.5. The lowest BCUT2D eigenvalue weighted by molar-refractivity contribution is -0.137. The van der Waals surface area contributed by atoms with Crippen LogP contribution in [0.15, 0.2) is 55.1 Å². The molecule has 1 fully saturated rings. The van der Waals surface area contributed by atoms with E-state index in [0.717, 1.165) is 16.2 Å². The van der Waals surface area contributed by atoms with Gasteiger partial charge in [0.1, 0.15) is 0 Å². The molecule has 0 atom stereocenters. The second-order valence-electron chi connectivity index (χ2n) is 6.66. The first-order valence-corrected chi connectivity index (χ1v) is 10.4. The fraction of sp³-hybridized carbons (Fsp3) is 0.263. The van der Waals surface area contributed by atoms with E-state index >= 15 is 0 Å². The monoisotopic (exact) mass is 438 g/mol. The molecule has 4 rings (SSSR count). The Labute approximate surface area is 170 Å². The number of ether oxygens (including phenoxy) is 1. The minimum atomic E-state index is -4.57. The van der Waals surface area contributed by atoms with E-state index in [1.54, 1.807) is 18.2 Å². The summed E-state index contributed by atoms with van der Waals surface area (Å²) in [6.07, 6.45) is 0.876. The molecule has 3 aromatic rings. The Balaban J connectivity index is 1.76. The molecule has 0 aliphatic carbocycles. The van der Waals surface area contributed by atoms with Crippen molar-refractivity contribution in [3.8, 4) is 22.3 Å². The van der Waals surface area contributed by atoms with E-state index in [1.165, 1.54) is 29.1 Å². The van der Waals surface area contributed by atoms with Gasteiger partial charge in [-0.3, -0.25) is 4.98 Å². The van der Waals surface area contributed by atoms with Crippen molar-refractivity contribution in [3.63, 3.8) is 0 Å². The lowest BCUT2D eigenvalue weighted by Gasteiger charge is -2.25. The van der Waals surface area contributed by atoms with Gasteiger partial charge in [0.2, 0.25) is 0 Å². The Hall–Kier alpha value is -2.76. The maximum atomic E-state index is 13.5. The standard InChI is InChI=1S/C19H17F3N4O3S/c20-19(21,22)18-9-15(14-2-1-3-23-11-14)8-16(10-18)17-12-24-26(13-17)30(27,28)25-4-6-29-7-5-25/h1-3,8-13H,4-7H2. The fourth-order valence-corrected chi connectivity index (χ4v) is 4.39. The maximum Gasteiger partial charge on any atom is 0.416 e. The lowest BCUT2D eigenvalue weighted by atomic mass is 9.98. The van der Waals surface area contributed by atoms with E-state index in [0.29, 0.717) is 11.1 Å². The Morgan fingerprint density at radius 1 is 0.967 bits per heavy atom. The Kier molecular flexibility index (Phi) is 5.35. The van der Waals surface area contributed by atoms with Crippen LogP contribution in [0.25, 0.3) is 22.3 Å². The molecule has 1 aliphatic heterocycles. The minimum absolute atomic E-state index is 0.187. The number of aromatic nitrogens is 3. The van der Waals surface area contributed by atoms with Crippen molar-refractivity contribution in [2.75, 3.05) is 26.3 Å². The third-order valence-electron chi connectivity index (χ3n) is 4.68. The molecule has 7 nitrogen and oxygen atoms in total. The molecule has 0 radical (unpaired) electrons. The van der Waals surface area contributed by atoms with Crippen LogP contribution in [0.1, 0.15) is 5.56 Å². The molecule has 0 bridgehead atoms. The van der Waals surface area contributed by atoms with Gasteiger partial charge < -0.3 is 4.74 Å². The van der Waals surface area contributed by atoms with Crippen LogP contribution in [0.5, 0.6) is 0 Å². The van der Waals surface area contributed by atoms with Crippen LogP contribution in [0.3, 0.4) is 0 Å². The van der Waals surface area contributed by atoms with Crippen LogP contribution < -0.4 is 0 Å². The van der Waals surface area contributed by atoms with Crippen molar-refractivity contribution in [1.82, 2.24) is 18.5 Å². The predicted molar refractivity (Wildman–Crippen MR) is 103 cm³/mol. The van der Waals surface area contributed by atoms with E-state index in [1.807, 2.05) is 0 Å². The van der Waals surface area contributed by atoms with Gasteiger partial charge >= 0.3 is 16.4 Å². The van der Waals surface area contributed by atoms with E-state index in [9.17, 15) is 21.6 Å². The van der Waals surface area contributed by atoms with Crippen LogP contribution in [0, 0.1) is 0 Å². The van der Waals surface area contributed by atoms with Crippen LogP contribution in [0.4, 0.5) is 13.2 Å². The van der Waals surface area contributed by atoms with Crippen molar-refractivity contribution in [3.05, 3.63) is 60.7 Å². The molecule has 1 aliphatic rings. The molecule has 1 saturated heterocycles. The summed E-state index contributed by atoms with van der Waals surface area (Å²) >= 11 is 0. The normalized spacial score (nSPS) is 16.0. The summed E-state index contributed by atoms with van der Waals surface area (Å²) in [5, 5.41) is 3.89. The van der Waals surface area contributed by atoms with Crippen molar-refractivity contribution in [2.45, 2.75) is 6.18 Å². The van der Waals surface area contributed by atoms with Gasteiger partial charge in [-0.25, -0.2) is 0 Å². The van der Waals surface area contributed by atoms with Gasteiger partial charge in [-0.15, -0.1) is 0 Å². The first kappa shape index (κ1) is 20.5. The van der Waals surface area contributed by atoms with Crippen LogP contribution in [-0.2, 0) is 21.1 Å². The Bertz CT molecular complexity index is 1140. The first-order chi connectivity index (χ1) is 14.2. The summed E-state index contributed by atoms with van der Waals surface area (Å²) in [5.41, 5.74) is 0.438. The molecule has 0 spiro atoms. The quantitative estimate of drug-likeness (QED) is 0.626. The van der Waals surface area contributed by atoms with Gasteiger partial charge in [0.05, 0.1) is 31.2 Å². The first-order valence-electron chi connectivity index (χ1n) is 9.01. The number of benzene rings is 1. The van der Waals surface area contributed by atoms with E-state index in [4.69, 9.17) is 4.74 Å². The molecule has 0 unspecified atom stereocenters. The van der Waals surface area contributed by atoms with E-state index in [2.05, 4.69) is 10.1 Å². The third kappa shape index (κ3) is 4.09. The zero-order chi connectivity index (χ0) is 21.4. The summed E-state index contributed by atoms with van der Waals surface area (Å²) in [7, 11) is -3.92. The van der Waals surface area contributed by atoms with Gasteiger partial charge in [0, 0.05) is 36.6 Å². The van der Waals surface area contributed by atoms with Gasteiger partial charge in [0.15, 0.2) is 0 Å². The van der Waals surface area contributed by atoms with Gasteiger partial charge in [-0.1, -0.05) is 6.07 Å². The third-order valence-corrected chi connectivity index (χ3v) is 6.37. The molecule has 3 heterocycles.